The highest BCUT2D eigenvalue weighted by Crippen LogP contribution is 2.27. The minimum Gasteiger partial charge on any atom is -0.423 e. The number of benzene rings is 2. The molecule has 2 aromatic carbocycles. The molecule has 1 heterocycles. The van der Waals surface area contributed by atoms with Crippen molar-refractivity contribution in [2.24, 2.45) is 0 Å². The summed E-state index contributed by atoms with van der Waals surface area (Å²) in [6.07, 6.45) is 2.02. The molecule has 4 rings (SSSR count). The summed E-state index contributed by atoms with van der Waals surface area (Å²) in [5.74, 6) is -0.362. The van der Waals surface area contributed by atoms with Crippen LogP contribution in [0.2, 0.25) is 0 Å². The van der Waals surface area contributed by atoms with Crippen LogP contribution in [0.15, 0.2) is 46.9 Å². The van der Waals surface area contributed by atoms with E-state index < -0.39 is 0 Å². The molecule has 1 aromatic heterocycles. The van der Waals surface area contributed by atoms with Gasteiger partial charge in [0.25, 0.3) is 5.91 Å². The van der Waals surface area contributed by atoms with E-state index >= 15 is 0 Å². The molecule has 0 unspecified atom stereocenters. The van der Waals surface area contributed by atoms with Crippen molar-refractivity contribution in [1.29, 1.82) is 0 Å². The van der Waals surface area contributed by atoms with Gasteiger partial charge in [0, 0.05) is 17.3 Å². The molecule has 0 bridgehead atoms. The molecule has 29 heavy (non-hydrogen) atoms. The number of oxazole rings is 1. The number of urea groups is 1. The van der Waals surface area contributed by atoms with Gasteiger partial charge in [-0.15, -0.1) is 0 Å². The molecule has 3 aromatic rings. The van der Waals surface area contributed by atoms with Crippen LogP contribution in [0.4, 0.5) is 16.5 Å². The highest BCUT2D eigenvalue weighted by atomic mass is 16.4. The minimum atomic E-state index is -0.362. The lowest BCUT2D eigenvalue weighted by Crippen LogP contribution is -2.30. The topological polar surface area (TPSA) is 96.3 Å². The van der Waals surface area contributed by atoms with E-state index in [1.54, 1.807) is 24.3 Å². The van der Waals surface area contributed by atoms with Crippen molar-refractivity contribution in [3.8, 4) is 0 Å². The lowest BCUT2D eigenvalue weighted by molar-refractivity contribution is 0.102. The molecule has 1 aliphatic carbocycles. The van der Waals surface area contributed by atoms with Gasteiger partial charge in [-0.2, -0.15) is 4.98 Å². The number of hydrogen-bond donors (Lipinski definition) is 3. The van der Waals surface area contributed by atoms with Gasteiger partial charge < -0.3 is 15.1 Å². The second-order valence-corrected chi connectivity index (χ2v) is 8.36. The van der Waals surface area contributed by atoms with Crippen LogP contribution >= 0.6 is 0 Å². The fourth-order valence-electron chi connectivity index (χ4n) is 2.94. The van der Waals surface area contributed by atoms with Crippen LogP contribution < -0.4 is 16.0 Å². The van der Waals surface area contributed by atoms with E-state index in [1.165, 1.54) is 0 Å². The first kappa shape index (κ1) is 19.0. The molecular weight excluding hydrogens is 368 g/mol. The summed E-state index contributed by atoms with van der Waals surface area (Å²) in [6, 6.07) is 12.7. The number of carbonyl (C=O) groups excluding carboxylic acids is 2. The van der Waals surface area contributed by atoms with Crippen LogP contribution in [0.25, 0.3) is 11.1 Å². The second kappa shape index (κ2) is 7.24. The molecule has 0 aliphatic heterocycles. The Morgan fingerprint density at radius 1 is 1.07 bits per heavy atom. The lowest BCUT2D eigenvalue weighted by atomic mass is 9.87. The summed E-state index contributed by atoms with van der Waals surface area (Å²) in [4.78, 5) is 28.9. The molecule has 3 amide bonds. The number of carbonyl (C=O) groups is 2. The van der Waals surface area contributed by atoms with Gasteiger partial charge in [-0.1, -0.05) is 32.9 Å². The van der Waals surface area contributed by atoms with E-state index in [1.807, 2.05) is 18.2 Å². The zero-order valence-corrected chi connectivity index (χ0v) is 16.7. The molecular formula is C22H24N4O3. The highest BCUT2D eigenvalue weighted by molar-refractivity contribution is 6.04. The van der Waals surface area contributed by atoms with E-state index in [0.29, 0.717) is 22.4 Å². The SMILES string of the molecule is CC(C)(C)c1ccc2oc(NC(=O)c3cccc(NC(=O)NC4CC4)c3)nc2c1. The zero-order chi connectivity index (χ0) is 20.6. The van der Waals surface area contributed by atoms with Crippen molar-refractivity contribution < 1.29 is 14.0 Å². The number of fused-ring (bicyclic) bond motifs is 1. The minimum absolute atomic E-state index is 0.00418. The molecule has 0 radical (unpaired) electrons. The number of hydrogen-bond acceptors (Lipinski definition) is 4. The average Bonchev–Trinajstić information content (AvgIpc) is 3.37. The van der Waals surface area contributed by atoms with Gasteiger partial charge in [-0.25, -0.2) is 4.79 Å². The van der Waals surface area contributed by atoms with Crippen molar-refractivity contribution in [2.75, 3.05) is 10.6 Å². The summed E-state index contributed by atoms with van der Waals surface area (Å²) in [6.45, 7) is 6.38. The first-order chi connectivity index (χ1) is 13.8. The molecule has 1 fully saturated rings. The number of aromatic nitrogens is 1. The van der Waals surface area contributed by atoms with Crippen molar-refractivity contribution in [3.63, 3.8) is 0 Å². The third kappa shape index (κ3) is 4.56. The van der Waals surface area contributed by atoms with Gasteiger partial charge in [-0.05, 0) is 54.2 Å². The molecule has 0 spiro atoms. The third-order valence-electron chi connectivity index (χ3n) is 4.77. The Morgan fingerprint density at radius 2 is 1.86 bits per heavy atom. The summed E-state index contributed by atoms with van der Waals surface area (Å²) in [5.41, 5.74) is 3.38. The van der Waals surface area contributed by atoms with Crippen LogP contribution in [0.5, 0.6) is 0 Å². The number of anilines is 2. The quantitative estimate of drug-likeness (QED) is 0.601. The molecule has 0 atom stereocenters. The first-order valence-corrected chi connectivity index (χ1v) is 9.68. The maximum absolute atomic E-state index is 12.6. The number of rotatable bonds is 4. The van der Waals surface area contributed by atoms with Crippen molar-refractivity contribution in [1.82, 2.24) is 10.3 Å². The van der Waals surface area contributed by atoms with Gasteiger partial charge in [-0.3, -0.25) is 10.1 Å². The second-order valence-electron chi connectivity index (χ2n) is 8.36. The predicted octanol–water partition coefficient (Wildman–Crippen LogP) is 4.66. The number of nitrogens with one attached hydrogen (secondary N) is 3. The first-order valence-electron chi connectivity index (χ1n) is 9.68. The summed E-state index contributed by atoms with van der Waals surface area (Å²) >= 11 is 0. The zero-order valence-electron chi connectivity index (χ0n) is 16.7. The maximum Gasteiger partial charge on any atom is 0.319 e. The van der Waals surface area contributed by atoms with Gasteiger partial charge in [0.1, 0.15) is 5.52 Å². The molecule has 1 saturated carbocycles. The Hall–Kier alpha value is -3.35. The fraction of sp³-hybridized carbons (Fsp3) is 0.318. The monoisotopic (exact) mass is 392 g/mol. The summed E-state index contributed by atoms with van der Waals surface area (Å²) in [7, 11) is 0. The summed E-state index contributed by atoms with van der Waals surface area (Å²) in [5, 5.41) is 8.27. The third-order valence-corrected chi connectivity index (χ3v) is 4.77. The molecule has 1 aliphatic rings. The van der Waals surface area contributed by atoms with Crippen LogP contribution in [-0.4, -0.2) is 23.0 Å². The van der Waals surface area contributed by atoms with Crippen LogP contribution in [-0.2, 0) is 5.41 Å². The Labute approximate surface area is 168 Å². The van der Waals surface area contributed by atoms with Crippen molar-refractivity contribution in [3.05, 3.63) is 53.6 Å². The summed E-state index contributed by atoms with van der Waals surface area (Å²) < 4.78 is 5.65. The molecule has 7 heteroatoms. The van der Waals surface area contributed by atoms with Crippen LogP contribution in [0.3, 0.4) is 0 Å². The smallest absolute Gasteiger partial charge is 0.319 e. The van der Waals surface area contributed by atoms with Gasteiger partial charge in [0.15, 0.2) is 5.58 Å². The van der Waals surface area contributed by atoms with E-state index in [9.17, 15) is 9.59 Å². The standard InChI is InChI=1S/C22H24N4O3/c1-22(2,3)14-7-10-18-17(12-14)25-21(29-18)26-19(27)13-5-4-6-16(11-13)24-20(28)23-15-8-9-15/h4-7,10-12,15H,8-9H2,1-3H3,(H2,23,24,28)(H,25,26,27). The number of amides is 3. The molecule has 3 N–H and O–H groups in total. The van der Waals surface area contributed by atoms with E-state index in [-0.39, 0.29) is 29.4 Å². The van der Waals surface area contributed by atoms with Crippen molar-refractivity contribution >= 4 is 34.7 Å². The van der Waals surface area contributed by atoms with Gasteiger partial charge in [0.2, 0.25) is 0 Å². The van der Waals surface area contributed by atoms with Crippen LogP contribution in [0, 0.1) is 0 Å². The number of nitrogens with zero attached hydrogens (tertiary/aromatic N) is 1. The van der Waals surface area contributed by atoms with Gasteiger partial charge in [0.05, 0.1) is 0 Å². The normalized spacial score (nSPS) is 13.9. The Bertz CT molecular complexity index is 1080. The highest BCUT2D eigenvalue weighted by Gasteiger charge is 2.23. The molecule has 0 saturated heterocycles. The average molecular weight is 392 g/mol. The van der Waals surface area contributed by atoms with E-state index in [0.717, 1.165) is 18.4 Å². The van der Waals surface area contributed by atoms with E-state index in [2.05, 4.69) is 41.7 Å². The maximum atomic E-state index is 12.6. The van der Waals surface area contributed by atoms with Gasteiger partial charge >= 0.3 is 12.0 Å². The largest absolute Gasteiger partial charge is 0.423 e. The van der Waals surface area contributed by atoms with Crippen LogP contribution in [0.1, 0.15) is 49.5 Å². The lowest BCUT2D eigenvalue weighted by Gasteiger charge is -2.18. The Morgan fingerprint density at radius 3 is 2.59 bits per heavy atom. The molecule has 7 nitrogen and oxygen atoms in total. The Balaban J connectivity index is 1.47. The Kier molecular flexibility index (Phi) is 4.74. The fourth-order valence-corrected chi connectivity index (χ4v) is 2.94. The predicted molar refractivity (Wildman–Crippen MR) is 112 cm³/mol. The van der Waals surface area contributed by atoms with Crippen molar-refractivity contribution in [2.45, 2.75) is 45.1 Å². The molecule has 150 valence electrons. The van der Waals surface area contributed by atoms with E-state index in [4.69, 9.17) is 4.42 Å².